The van der Waals surface area contributed by atoms with E-state index in [1.165, 1.54) is 12.0 Å². The number of hydrogen-bond donors (Lipinski definition) is 1. The fourth-order valence-electron chi connectivity index (χ4n) is 2.23. The van der Waals surface area contributed by atoms with Gasteiger partial charge in [-0.1, -0.05) is 15.9 Å². The van der Waals surface area contributed by atoms with Gasteiger partial charge in [0.25, 0.3) is 0 Å². The van der Waals surface area contributed by atoms with Crippen LogP contribution in [0.15, 0.2) is 22.7 Å². The Hall–Kier alpha value is -1.60. The van der Waals surface area contributed by atoms with Crippen LogP contribution in [0, 0.1) is 0 Å². The van der Waals surface area contributed by atoms with E-state index in [4.69, 9.17) is 9.47 Å². The van der Waals surface area contributed by atoms with Gasteiger partial charge in [-0.25, -0.2) is 4.79 Å². The molecular formula is C13H14BrNO5. The Bertz CT molecular complexity index is 548. The molecule has 1 amide bonds. The third-order valence-electron chi connectivity index (χ3n) is 3.24. The highest BCUT2D eigenvalue weighted by Crippen LogP contribution is 2.36. The van der Waals surface area contributed by atoms with Crippen LogP contribution in [0.3, 0.4) is 0 Å². The zero-order valence-electron chi connectivity index (χ0n) is 11.0. The van der Waals surface area contributed by atoms with E-state index < -0.39 is 18.1 Å². The molecule has 0 bridgehead atoms. The Morgan fingerprint density at radius 3 is 2.85 bits per heavy atom. The molecule has 20 heavy (non-hydrogen) atoms. The number of methoxy groups -OCH3 is 1. The molecule has 2 rings (SSSR count). The number of benzene rings is 1. The maximum Gasteiger partial charge on any atom is 0.335 e. The number of aliphatic carboxylic acids is 1. The molecule has 1 aromatic carbocycles. The molecule has 6 nitrogen and oxygen atoms in total. The number of nitrogens with zero attached hydrogens (tertiary/aromatic N) is 1. The molecule has 2 atom stereocenters. The molecule has 0 spiro atoms. The molecular weight excluding hydrogens is 330 g/mol. The maximum absolute atomic E-state index is 11.8. The van der Waals surface area contributed by atoms with Crippen molar-refractivity contribution in [2.24, 2.45) is 0 Å². The lowest BCUT2D eigenvalue weighted by Gasteiger charge is -2.37. The van der Waals surface area contributed by atoms with Gasteiger partial charge >= 0.3 is 5.97 Å². The molecule has 108 valence electrons. The number of halogens is 1. The van der Waals surface area contributed by atoms with E-state index in [1.54, 1.807) is 25.2 Å². The SMILES string of the molecule is COc1ccc(Br)cc1C1C(C(=O)O)OCC(=O)N1C. The number of rotatable bonds is 3. The van der Waals surface area contributed by atoms with Gasteiger partial charge in [0.2, 0.25) is 5.91 Å². The monoisotopic (exact) mass is 343 g/mol. The van der Waals surface area contributed by atoms with E-state index in [0.717, 1.165) is 4.47 Å². The molecule has 0 saturated carbocycles. The largest absolute Gasteiger partial charge is 0.496 e. The molecule has 1 fully saturated rings. The zero-order chi connectivity index (χ0) is 14.9. The molecule has 0 aromatic heterocycles. The Labute approximate surface area is 124 Å². The molecule has 2 unspecified atom stereocenters. The summed E-state index contributed by atoms with van der Waals surface area (Å²) in [5.41, 5.74) is 0.588. The van der Waals surface area contributed by atoms with Crippen LogP contribution in [0.4, 0.5) is 0 Å². The minimum atomic E-state index is -1.12. The van der Waals surface area contributed by atoms with Gasteiger partial charge in [-0.2, -0.15) is 0 Å². The highest BCUT2D eigenvalue weighted by atomic mass is 79.9. The number of carboxylic acids is 1. The average Bonchev–Trinajstić information content (AvgIpc) is 2.41. The smallest absolute Gasteiger partial charge is 0.335 e. The molecule has 0 aliphatic carbocycles. The van der Waals surface area contributed by atoms with Gasteiger partial charge in [-0.3, -0.25) is 4.79 Å². The second-order valence-electron chi connectivity index (χ2n) is 4.41. The highest BCUT2D eigenvalue weighted by molar-refractivity contribution is 9.10. The van der Waals surface area contributed by atoms with Gasteiger partial charge in [-0.05, 0) is 18.2 Å². The van der Waals surface area contributed by atoms with Crippen LogP contribution in [0.25, 0.3) is 0 Å². The lowest BCUT2D eigenvalue weighted by Crippen LogP contribution is -2.50. The van der Waals surface area contributed by atoms with Crippen LogP contribution in [-0.2, 0) is 14.3 Å². The second-order valence-corrected chi connectivity index (χ2v) is 5.32. The molecule has 7 heteroatoms. The first kappa shape index (κ1) is 14.8. The van der Waals surface area contributed by atoms with Gasteiger partial charge in [0, 0.05) is 17.1 Å². The van der Waals surface area contributed by atoms with Crippen LogP contribution < -0.4 is 4.74 Å². The Balaban J connectivity index is 2.52. The Morgan fingerprint density at radius 2 is 2.25 bits per heavy atom. The summed E-state index contributed by atoms with van der Waals surface area (Å²) < 4.78 is 11.2. The van der Waals surface area contributed by atoms with Crippen molar-refractivity contribution in [3.05, 3.63) is 28.2 Å². The Kier molecular flexibility index (Phi) is 4.29. The van der Waals surface area contributed by atoms with Gasteiger partial charge < -0.3 is 19.5 Å². The van der Waals surface area contributed by atoms with Gasteiger partial charge in [0.1, 0.15) is 12.4 Å². The average molecular weight is 344 g/mol. The summed E-state index contributed by atoms with van der Waals surface area (Å²) in [4.78, 5) is 24.5. The summed E-state index contributed by atoms with van der Waals surface area (Å²) >= 11 is 3.34. The van der Waals surface area contributed by atoms with E-state index in [9.17, 15) is 14.7 Å². The third kappa shape index (κ3) is 2.64. The van der Waals surface area contributed by atoms with Crippen molar-refractivity contribution >= 4 is 27.8 Å². The number of morpholine rings is 1. The van der Waals surface area contributed by atoms with Crippen LogP contribution in [-0.4, -0.2) is 48.8 Å². The van der Waals surface area contributed by atoms with Crippen LogP contribution in [0.5, 0.6) is 5.75 Å². The number of carboxylic acid groups (broad SMARTS) is 1. The van der Waals surface area contributed by atoms with Crippen molar-refractivity contribution in [3.8, 4) is 5.75 Å². The van der Waals surface area contributed by atoms with E-state index in [2.05, 4.69) is 15.9 Å². The lowest BCUT2D eigenvalue weighted by atomic mass is 9.97. The maximum atomic E-state index is 11.8. The predicted molar refractivity (Wildman–Crippen MR) is 73.6 cm³/mol. The quantitative estimate of drug-likeness (QED) is 0.898. The van der Waals surface area contributed by atoms with E-state index >= 15 is 0 Å². The summed E-state index contributed by atoms with van der Waals surface area (Å²) in [6, 6.07) is 4.49. The molecule has 1 saturated heterocycles. The number of carbonyl (C=O) groups excluding carboxylic acids is 1. The molecule has 1 heterocycles. The van der Waals surface area contributed by atoms with Crippen molar-refractivity contribution < 1.29 is 24.2 Å². The van der Waals surface area contributed by atoms with E-state index in [1.807, 2.05) is 0 Å². The number of hydrogen-bond acceptors (Lipinski definition) is 4. The number of amides is 1. The van der Waals surface area contributed by atoms with Gasteiger partial charge in [0.05, 0.1) is 13.2 Å². The van der Waals surface area contributed by atoms with Crippen molar-refractivity contribution in [2.75, 3.05) is 20.8 Å². The minimum Gasteiger partial charge on any atom is -0.496 e. The summed E-state index contributed by atoms with van der Waals surface area (Å²) in [6.07, 6.45) is -1.12. The molecule has 0 radical (unpaired) electrons. The molecule has 1 aromatic rings. The van der Waals surface area contributed by atoms with E-state index in [0.29, 0.717) is 11.3 Å². The fraction of sp³-hybridized carbons (Fsp3) is 0.385. The zero-order valence-corrected chi connectivity index (χ0v) is 12.6. The predicted octanol–water partition coefficient (Wildman–Crippen LogP) is 1.44. The van der Waals surface area contributed by atoms with Crippen molar-refractivity contribution in [2.45, 2.75) is 12.1 Å². The first-order chi connectivity index (χ1) is 9.45. The highest BCUT2D eigenvalue weighted by Gasteiger charge is 2.41. The third-order valence-corrected chi connectivity index (χ3v) is 3.73. The number of ether oxygens (including phenoxy) is 2. The minimum absolute atomic E-state index is 0.236. The summed E-state index contributed by atoms with van der Waals surface area (Å²) in [5.74, 6) is -0.875. The molecule has 1 aliphatic rings. The second kappa shape index (κ2) is 5.80. The molecule has 1 N–H and O–H groups in total. The van der Waals surface area contributed by atoms with Crippen LogP contribution in [0.2, 0.25) is 0 Å². The topological polar surface area (TPSA) is 76.1 Å². The first-order valence-electron chi connectivity index (χ1n) is 5.89. The van der Waals surface area contributed by atoms with Crippen LogP contribution >= 0.6 is 15.9 Å². The van der Waals surface area contributed by atoms with Gasteiger partial charge in [-0.15, -0.1) is 0 Å². The van der Waals surface area contributed by atoms with E-state index in [-0.39, 0.29) is 12.5 Å². The first-order valence-corrected chi connectivity index (χ1v) is 6.68. The summed E-state index contributed by atoms with van der Waals surface area (Å²) in [7, 11) is 3.06. The lowest BCUT2D eigenvalue weighted by molar-refractivity contribution is -0.171. The van der Waals surface area contributed by atoms with Crippen molar-refractivity contribution in [1.82, 2.24) is 4.90 Å². The molecule has 1 aliphatic heterocycles. The number of carbonyl (C=O) groups is 2. The fourth-order valence-corrected chi connectivity index (χ4v) is 2.61. The van der Waals surface area contributed by atoms with Gasteiger partial charge in [0.15, 0.2) is 6.10 Å². The Morgan fingerprint density at radius 1 is 1.55 bits per heavy atom. The van der Waals surface area contributed by atoms with Crippen LogP contribution in [0.1, 0.15) is 11.6 Å². The van der Waals surface area contributed by atoms with Crippen molar-refractivity contribution in [3.63, 3.8) is 0 Å². The van der Waals surface area contributed by atoms with Crippen molar-refractivity contribution in [1.29, 1.82) is 0 Å². The summed E-state index contributed by atoms with van der Waals surface area (Å²) in [5, 5.41) is 9.29. The standard InChI is InChI=1S/C13H14BrNO5/c1-15-10(16)6-20-12(13(17)18)11(15)8-5-7(14)3-4-9(8)19-2/h3-5,11-12H,6H2,1-2H3,(H,17,18). The summed E-state index contributed by atoms with van der Waals surface area (Å²) in [6.45, 7) is -0.236. The number of likely N-dealkylation sites (N-methyl/N-ethyl adjacent to an activating group) is 1. The normalized spacial score (nSPS) is 22.8.